The van der Waals surface area contributed by atoms with Gasteiger partial charge in [0.05, 0.1) is 13.4 Å². The Kier molecular flexibility index (Phi) is 4.42. The molecule has 0 saturated carbocycles. The molecule has 2 rings (SSSR count). The van der Waals surface area contributed by atoms with Crippen LogP contribution in [0, 0.1) is 0 Å². The quantitative estimate of drug-likeness (QED) is 0.920. The Morgan fingerprint density at radius 3 is 1.90 bits per heavy atom. The van der Waals surface area contributed by atoms with Gasteiger partial charge in [-0.15, -0.1) is 0 Å². The Morgan fingerprint density at radius 2 is 1.45 bits per heavy atom. The zero-order valence-corrected chi connectivity index (χ0v) is 12.3. The van der Waals surface area contributed by atoms with Crippen LogP contribution in [-0.4, -0.2) is 21.8 Å². The largest absolute Gasteiger partial charge is 0.497 e. The van der Waals surface area contributed by atoms with Crippen LogP contribution in [0.5, 0.6) is 5.75 Å². The van der Waals surface area contributed by atoms with E-state index in [2.05, 4.69) is 4.72 Å². The van der Waals surface area contributed by atoms with E-state index in [0.29, 0.717) is 6.54 Å². The lowest BCUT2D eigenvalue weighted by molar-refractivity contribution is 0.415. The summed E-state index contributed by atoms with van der Waals surface area (Å²) in [6.07, 6.45) is 1.15. The molecule has 4 nitrogen and oxygen atoms in total. The van der Waals surface area contributed by atoms with Gasteiger partial charge in [0.15, 0.2) is 0 Å². The lowest BCUT2D eigenvalue weighted by Gasteiger charge is -2.06. The molecule has 0 bridgehead atoms. The van der Waals surface area contributed by atoms with E-state index in [9.17, 15) is 8.42 Å². The smallest absolute Gasteiger partial charge is 0.209 e. The molecule has 0 aliphatic rings. The fraction of sp³-hybridized carbons (Fsp3) is 0.200. The van der Waals surface area contributed by atoms with Gasteiger partial charge in [0.25, 0.3) is 0 Å². The first-order valence-electron chi connectivity index (χ1n) is 6.16. The average Bonchev–Trinajstić information content (AvgIpc) is 2.45. The molecule has 0 aliphatic heterocycles. The van der Waals surface area contributed by atoms with Crippen molar-refractivity contribution in [2.75, 3.05) is 13.4 Å². The van der Waals surface area contributed by atoms with Crippen molar-refractivity contribution in [3.8, 4) is 16.9 Å². The van der Waals surface area contributed by atoms with Crippen LogP contribution in [0.3, 0.4) is 0 Å². The molecular formula is C15H17NO3S. The standard InChI is InChI=1S/C15H17NO3S/c1-19-15-9-7-14(8-10-15)13-5-3-12(4-6-13)11-16-20(2,17)18/h3-10,16H,11H2,1-2H3. The molecule has 0 radical (unpaired) electrons. The minimum Gasteiger partial charge on any atom is -0.497 e. The average molecular weight is 291 g/mol. The highest BCUT2D eigenvalue weighted by Gasteiger charge is 2.02. The Bertz CT molecular complexity index is 661. The van der Waals surface area contributed by atoms with Crippen molar-refractivity contribution < 1.29 is 13.2 Å². The van der Waals surface area contributed by atoms with Gasteiger partial charge in [-0.25, -0.2) is 13.1 Å². The van der Waals surface area contributed by atoms with E-state index in [1.807, 2.05) is 48.5 Å². The predicted molar refractivity (Wildman–Crippen MR) is 80.1 cm³/mol. The molecule has 0 unspecified atom stereocenters. The minimum absolute atomic E-state index is 0.307. The lowest BCUT2D eigenvalue weighted by atomic mass is 10.0. The molecule has 0 saturated heterocycles. The number of rotatable bonds is 5. The molecule has 5 heteroatoms. The van der Waals surface area contributed by atoms with E-state index < -0.39 is 10.0 Å². The second-order valence-corrected chi connectivity index (χ2v) is 6.35. The van der Waals surface area contributed by atoms with Gasteiger partial charge < -0.3 is 4.74 Å². The van der Waals surface area contributed by atoms with E-state index >= 15 is 0 Å². The molecule has 0 heterocycles. The number of methoxy groups -OCH3 is 1. The normalized spacial score (nSPS) is 11.3. The molecule has 2 aromatic rings. The third-order valence-electron chi connectivity index (χ3n) is 2.92. The van der Waals surface area contributed by atoms with Crippen LogP contribution in [0.4, 0.5) is 0 Å². The zero-order chi connectivity index (χ0) is 14.6. The molecule has 0 aromatic heterocycles. The molecule has 0 atom stereocenters. The Morgan fingerprint density at radius 1 is 0.950 bits per heavy atom. The summed E-state index contributed by atoms with van der Waals surface area (Å²) in [5.41, 5.74) is 3.09. The summed E-state index contributed by atoms with van der Waals surface area (Å²) in [5, 5.41) is 0. The highest BCUT2D eigenvalue weighted by Crippen LogP contribution is 2.22. The summed E-state index contributed by atoms with van der Waals surface area (Å²) in [5.74, 6) is 0.822. The van der Waals surface area contributed by atoms with Gasteiger partial charge >= 0.3 is 0 Å². The Balaban J connectivity index is 2.10. The molecule has 20 heavy (non-hydrogen) atoms. The third kappa shape index (κ3) is 4.08. The van der Waals surface area contributed by atoms with Crippen LogP contribution in [0.2, 0.25) is 0 Å². The highest BCUT2D eigenvalue weighted by atomic mass is 32.2. The molecule has 2 aromatic carbocycles. The van der Waals surface area contributed by atoms with Crippen molar-refractivity contribution in [3.63, 3.8) is 0 Å². The summed E-state index contributed by atoms with van der Waals surface area (Å²) < 4.78 is 29.7. The van der Waals surface area contributed by atoms with E-state index in [1.54, 1.807) is 7.11 Å². The molecule has 0 spiro atoms. The van der Waals surface area contributed by atoms with E-state index in [4.69, 9.17) is 4.74 Å². The monoisotopic (exact) mass is 291 g/mol. The Hall–Kier alpha value is -1.85. The summed E-state index contributed by atoms with van der Waals surface area (Å²) in [6.45, 7) is 0.307. The van der Waals surface area contributed by atoms with Gasteiger partial charge in [-0.2, -0.15) is 0 Å². The number of sulfonamides is 1. The maximum Gasteiger partial charge on any atom is 0.209 e. The SMILES string of the molecule is COc1ccc(-c2ccc(CNS(C)(=O)=O)cc2)cc1. The molecule has 106 valence electrons. The van der Waals surface area contributed by atoms with E-state index in [1.165, 1.54) is 0 Å². The minimum atomic E-state index is -3.16. The van der Waals surface area contributed by atoms with Gasteiger partial charge in [-0.1, -0.05) is 36.4 Å². The van der Waals surface area contributed by atoms with E-state index in [0.717, 1.165) is 28.7 Å². The zero-order valence-electron chi connectivity index (χ0n) is 11.5. The maximum absolute atomic E-state index is 11.0. The van der Waals surface area contributed by atoms with Gasteiger partial charge in [-0.05, 0) is 28.8 Å². The van der Waals surface area contributed by atoms with Crippen molar-refractivity contribution in [1.82, 2.24) is 4.72 Å². The van der Waals surface area contributed by atoms with Gasteiger partial charge in [0.1, 0.15) is 5.75 Å². The summed E-state index contributed by atoms with van der Waals surface area (Å²) in [6, 6.07) is 15.6. The molecule has 0 fully saturated rings. The number of nitrogens with one attached hydrogen (secondary N) is 1. The summed E-state index contributed by atoms with van der Waals surface area (Å²) >= 11 is 0. The van der Waals surface area contributed by atoms with E-state index in [-0.39, 0.29) is 0 Å². The first-order valence-corrected chi connectivity index (χ1v) is 8.05. The topological polar surface area (TPSA) is 55.4 Å². The number of benzene rings is 2. The predicted octanol–water partition coefficient (Wildman–Crippen LogP) is 2.41. The molecule has 1 N–H and O–H groups in total. The van der Waals surface area contributed by atoms with Crippen molar-refractivity contribution in [2.45, 2.75) is 6.54 Å². The van der Waals surface area contributed by atoms with Gasteiger partial charge in [0.2, 0.25) is 10.0 Å². The van der Waals surface area contributed by atoms with Crippen LogP contribution in [-0.2, 0) is 16.6 Å². The first kappa shape index (κ1) is 14.6. The van der Waals surface area contributed by atoms with Crippen molar-refractivity contribution in [3.05, 3.63) is 54.1 Å². The Labute approximate surface area is 119 Å². The van der Waals surface area contributed by atoms with Gasteiger partial charge in [-0.3, -0.25) is 0 Å². The number of ether oxygens (including phenoxy) is 1. The van der Waals surface area contributed by atoms with Crippen molar-refractivity contribution in [1.29, 1.82) is 0 Å². The third-order valence-corrected chi connectivity index (χ3v) is 3.58. The fourth-order valence-corrected chi connectivity index (χ4v) is 2.24. The number of hydrogen-bond acceptors (Lipinski definition) is 3. The summed E-state index contributed by atoms with van der Waals surface area (Å²) in [7, 11) is -1.52. The van der Waals surface area contributed by atoms with Crippen molar-refractivity contribution in [2.24, 2.45) is 0 Å². The van der Waals surface area contributed by atoms with Gasteiger partial charge in [0, 0.05) is 6.54 Å². The van der Waals surface area contributed by atoms with Crippen LogP contribution in [0.1, 0.15) is 5.56 Å². The fourth-order valence-electron chi connectivity index (χ4n) is 1.81. The first-order chi connectivity index (χ1) is 9.48. The number of hydrogen-bond donors (Lipinski definition) is 1. The highest BCUT2D eigenvalue weighted by molar-refractivity contribution is 7.88. The lowest BCUT2D eigenvalue weighted by Crippen LogP contribution is -2.21. The molecule has 0 aliphatic carbocycles. The van der Waals surface area contributed by atoms with Crippen LogP contribution < -0.4 is 9.46 Å². The second-order valence-electron chi connectivity index (χ2n) is 4.52. The molecule has 0 amide bonds. The maximum atomic E-state index is 11.0. The summed E-state index contributed by atoms with van der Waals surface area (Å²) in [4.78, 5) is 0. The van der Waals surface area contributed by atoms with Crippen LogP contribution in [0.15, 0.2) is 48.5 Å². The second kappa shape index (κ2) is 6.07. The van der Waals surface area contributed by atoms with Crippen LogP contribution >= 0.6 is 0 Å². The molecular weight excluding hydrogens is 274 g/mol. The van der Waals surface area contributed by atoms with Crippen molar-refractivity contribution >= 4 is 10.0 Å². The van der Waals surface area contributed by atoms with Crippen LogP contribution in [0.25, 0.3) is 11.1 Å².